The Bertz CT molecular complexity index is 923. The molecule has 2 aromatic rings. The maximum atomic E-state index is 9.85. The maximum Gasteiger partial charge on any atom is 0.169 e. The highest BCUT2D eigenvalue weighted by Crippen LogP contribution is 2.37. The van der Waals surface area contributed by atoms with Gasteiger partial charge in [0.05, 0.1) is 35.4 Å². The van der Waals surface area contributed by atoms with Crippen molar-refractivity contribution in [2.24, 2.45) is 0 Å². The van der Waals surface area contributed by atoms with Gasteiger partial charge in [-0.25, -0.2) is 4.98 Å². The highest BCUT2D eigenvalue weighted by molar-refractivity contribution is 7.14. The van der Waals surface area contributed by atoms with E-state index in [0.717, 1.165) is 11.5 Å². The normalized spacial score (nSPS) is 24.6. The average Bonchev–Trinajstić information content (AvgIpc) is 2.95. The van der Waals surface area contributed by atoms with E-state index in [1.807, 2.05) is 11.8 Å². The first kappa shape index (κ1) is 9.66. The number of morpholine rings is 1. The third-order valence-corrected chi connectivity index (χ3v) is 4.84. The van der Waals surface area contributed by atoms with Gasteiger partial charge in [-0.05, 0) is 43.8 Å². The van der Waals surface area contributed by atoms with Crippen LogP contribution in [-0.4, -0.2) is 35.2 Å². The number of fused-ring (bicyclic) bond motifs is 1. The molecule has 0 bridgehead atoms. The Morgan fingerprint density at radius 3 is 3.14 bits per heavy atom. The zero-order valence-corrected chi connectivity index (χ0v) is 13.3. The molecular weight excluding hydrogens is 320 g/mol. The molecule has 0 N–H and O–H groups in total. The number of halogens is 1. The van der Waals surface area contributed by atoms with Crippen LogP contribution in [-0.2, 0) is 10.2 Å². The summed E-state index contributed by atoms with van der Waals surface area (Å²) in [6.45, 7) is -2.97. The van der Waals surface area contributed by atoms with Gasteiger partial charge in [-0.2, -0.15) is 9.64 Å². The Kier molecular flexibility index (Phi) is 2.48. The maximum absolute atomic E-state index is 9.85. The van der Waals surface area contributed by atoms with E-state index >= 15 is 0 Å². The third-order valence-electron chi connectivity index (χ3n) is 3.61. The molecule has 1 aliphatic rings. The minimum absolute atomic E-state index is 0.0342. The molecule has 1 aliphatic heterocycles. The van der Waals surface area contributed by atoms with Gasteiger partial charge < -0.3 is 9.64 Å². The highest BCUT2D eigenvalue weighted by atomic mass is 35.5. The van der Waals surface area contributed by atoms with Crippen LogP contribution in [0.2, 0.25) is 5.15 Å². The molecule has 2 aromatic heterocycles. The summed E-state index contributed by atoms with van der Waals surface area (Å²) < 4.78 is 57.1. The Balaban J connectivity index is 2.37. The van der Waals surface area contributed by atoms with Crippen LogP contribution in [0.25, 0.3) is 10.2 Å². The number of ether oxygens (including phenoxy) is 1. The molecule has 22 heavy (non-hydrogen) atoms. The second-order valence-corrected chi connectivity index (χ2v) is 6.29. The fraction of sp³-hybridized carbons (Fsp3) is 0.533. The van der Waals surface area contributed by atoms with E-state index in [1.165, 1.54) is 6.07 Å². The number of nitrogens with zero attached hydrogens (tertiary/aromatic N) is 4. The lowest BCUT2D eigenvalue weighted by atomic mass is 9.86. The molecular formula is C15H17ClN4OS. The fourth-order valence-corrected chi connectivity index (χ4v) is 3.53. The summed E-state index contributed by atoms with van der Waals surface area (Å²) in [5, 5.41) is 9.88. The number of rotatable bonds is 2. The van der Waals surface area contributed by atoms with Crippen LogP contribution < -0.4 is 4.90 Å². The zero-order chi connectivity index (χ0) is 20.9. The molecule has 1 fully saturated rings. The van der Waals surface area contributed by atoms with Crippen molar-refractivity contribution in [1.29, 1.82) is 5.26 Å². The van der Waals surface area contributed by atoms with Gasteiger partial charge >= 0.3 is 0 Å². The van der Waals surface area contributed by atoms with E-state index in [-0.39, 0.29) is 27.0 Å². The molecule has 0 unspecified atom stereocenters. The van der Waals surface area contributed by atoms with Crippen molar-refractivity contribution in [2.45, 2.75) is 32.1 Å². The Morgan fingerprint density at radius 2 is 2.45 bits per heavy atom. The predicted octanol–water partition coefficient (Wildman–Crippen LogP) is 3.37. The molecule has 1 atom stereocenters. The van der Waals surface area contributed by atoms with E-state index in [1.54, 1.807) is 6.07 Å². The number of hydrogen-bond donors (Lipinski definition) is 0. The van der Waals surface area contributed by atoms with Crippen molar-refractivity contribution in [1.82, 2.24) is 9.36 Å². The molecule has 0 saturated carbocycles. The molecule has 1 saturated heterocycles. The second-order valence-electron chi connectivity index (χ2n) is 5.16. The van der Waals surface area contributed by atoms with Crippen molar-refractivity contribution in [3.63, 3.8) is 0 Å². The molecule has 0 aliphatic carbocycles. The number of anilines is 1. The van der Waals surface area contributed by atoms with E-state index in [9.17, 15) is 5.26 Å². The average molecular weight is 343 g/mol. The quantitative estimate of drug-likeness (QED) is 0.837. The van der Waals surface area contributed by atoms with Crippen molar-refractivity contribution < 1.29 is 13.0 Å². The lowest BCUT2D eigenvalue weighted by molar-refractivity contribution is 0.0985. The van der Waals surface area contributed by atoms with Crippen molar-refractivity contribution in [2.75, 3.05) is 24.7 Å². The van der Waals surface area contributed by atoms with Gasteiger partial charge in [0.1, 0.15) is 11.3 Å². The predicted molar refractivity (Wildman–Crippen MR) is 88.7 cm³/mol. The lowest BCUT2D eigenvalue weighted by Gasteiger charge is -2.35. The van der Waals surface area contributed by atoms with E-state index in [2.05, 4.69) is 9.36 Å². The molecule has 0 aromatic carbocycles. The van der Waals surface area contributed by atoms with E-state index in [0.29, 0.717) is 25.6 Å². The highest BCUT2D eigenvalue weighted by Gasteiger charge is 2.28. The zero-order valence-electron chi connectivity index (χ0n) is 17.8. The molecule has 3 heterocycles. The SMILES string of the molecule is [2H]C([2H])([2H])C(C#N)(c1cc(N2CCOC[C@H]2C)nc2c(Cl)nsc12)C([2H])([2H])[2H]. The summed E-state index contributed by atoms with van der Waals surface area (Å²) in [6.07, 6.45) is 0. The van der Waals surface area contributed by atoms with Crippen molar-refractivity contribution in [3.05, 3.63) is 16.8 Å². The summed E-state index contributed by atoms with van der Waals surface area (Å²) in [4.78, 5) is 6.37. The molecule has 0 amide bonds. The van der Waals surface area contributed by atoms with Crippen molar-refractivity contribution in [3.8, 4) is 6.07 Å². The van der Waals surface area contributed by atoms with Crippen LogP contribution in [0.5, 0.6) is 0 Å². The van der Waals surface area contributed by atoms with Crippen LogP contribution in [0.1, 0.15) is 34.4 Å². The Labute approximate surface area is 147 Å². The van der Waals surface area contributed by atoms with Gasteiger partial charge in [-0.3, -0.25) is 0 Å². The number of hydrogen-bond acceptors (Lipinski definition) is 6. The minimum Gasteiger partial charge on any atom is -0.377 e. The minimum atomic E-state index is -3.12. The Morgan fingerprint density at radius 1 is 1.64 bits per heavy atom. The monoisotopic (exact) mass is 342 g/mol. The van der Waals surface area contributed by atoms with Gasteiger partial charge in [-0.1, -0.05) is 11.6 Å². The number of aromatic nitrogens is 2. The number of nitriles is 1. The first-order valence-corrected chi connectivity index (χ1v) is 7.81. The molecule has 0 radical (unpaired) electrons. The first-order chi connectivity index (χ1) is 12.9. The lowest BCUT2D eigenvalue weighted by Crippen LogP contribution is -2.44. The summed E-state index contributed by atoms with van der Waals surface area (Å²) in [5.74, 6) is 0.341. The summed E-state index contributed by atoms with van der Waals surface area (Å²) in [5.41, 5.74) is -2.72. The third kappa shape index (κ3) is 2.54. The Hall–Kier alpha value is -1.42. The fourth-order valence-electron chi connectivity index (χ4n) is 2.43. The molecule has 0 spiro atoms. The van der Waals surface area contributed by atoms with Crippen LogP contribution in [0.4, 0.5) is 5.82 Å². The number of pyridine rings is 1. The van der Waals surface area contributed by atoms with Gasteiger partial charge in [0.15, 0.2) is 5.15 Å². The summed E-state index contributed by atoms with van der Waals surface area (Å²) in [7, 11) is 0. The largest absolute Gasteiger partial charge is 0.377 e. The van der Waals surface area contributed by atoms with Gasteiger partial charge in [-0.15, -0.1) is 0 Å². The van der Waals surface area contributed by atoms with Crippen LogP contribution in [0.3, 0.4) is 0 Å². The molecule has 3 rings (SSSR count). The molecule has 5 nitrogen and oxygen atoms in total. The van der Waals surface area contributed by atoms with E-state index in [4.69, 9.17) is 24.6 Å². The summed E-state index contributed by atoms with van der Waals surface area (Å²) >= 11 is 6.98. The topological polar surface area (TPSA) is 62.0 Å². The van der Waals surface area contributed by atoms with Gasteiger partial charge in [0.2, 0.25) is 0 Å². The smallest absolute Gasteiger partial charge is 0.169 e. The van der Waals surface area contributed by atoms with Gasteiger partial charge in [0, 0.05) is 14.8 Å². The van der Waals surface area contributed by atoms with Crippen LogP contribution in [0.15, 0.2) is 6.07 Å². The summed E-state index contributed by atoms with van der Waals surface area (Å²) in [6, 6.07) is 2.89. The van der Waals surface area contributed by atoms with Crippen molar-refractivity contribution >= 4 is 39.2 Å². The standard InChI is InChI=1S/C15H17ClN4OS/c1-9-7-21-5-4-20(9)11-6-10(15(2,3)8-17)13-12(18-11)14(16)19-22-13/h6,9H,4-5,7H2,1-3H3/t9-/m1/s1/i2D3,3D3. The van der Waals surface area contributed by atoms with Crippen LogP contribution in [0, 0.1) is 11.3 Å². The molecule has 7 heteroatoms. The molecule has 116 valence electrons. The first-order valence-electron chi connectivity index (χ1n) is 9.66. The van der Waals surface area contributed by atoms with E-state index < -0.39 is 19.1 Å². The van der Waals surface area contributed by atoms with Crippen LogP contribution >= 0.6 is 23.1 Å². The second kappa shape index (κ2) is 5.65. The van der Waals surface area contributed by atoms with Gasteiger partial charge in [0.25, 0.3) is 0 Å².